The number of piperazine rings is 1. The van der Waals surface area contributed by atoms with Crippen molar-refractivity contribution in [2.45, 2.75) is 6.54 Å². The van der Waals surface area contributed by atoms with Crippen molar-refractivity contribution in [3.05, 3.63) is 23.8 Å². The molecule has 0 bridgehead atoms. The predicted octanol–water partition coefficient (Wildman–Crippen LogP) is 1.03. The van der Waals surface area contributed by atoms with Crippen LogP contribution in [0.1, 0.15) is 5.56 Å². The van der Waals surface area contributed by atoms with E-state index in [4.69, 9.17) is 9.47 Å². The van der Waals surface area contributed by atoms with Crippen LogP contribution in [-0.2, 0) is 6.54 Å². The monoisotopic (exact) mass is 306 g/mol. The predicted molar refractivity (Wildman–Crippen MR) is 88.8 cm³/mol. The lowest BCUT2D eigenvalue weighted by atomic mass is 10.1. The van der Waals surface area contributed by atoms with Crippen LogP contribution in [0.2, 0.25) is 0 Å². The number of hydrogen-bond donors (Lipinski definition) is 1. The van der Waals surface area contributed by atoms with E-state index in [1.54, 1.807) is 14.2 Å². The Labute approximate surface area is 132 Å². The highest BCUT2D eigenvalue weighted by atomic mass is 16.5. The van der Waals surface area contributed by atoms with Gasteiger partial charge in [-0.05, 0) is 18.2 Å². The summed E-state index contributed by atoms with van der Waals surface area (Å²) in [4.78, 5) is 8.97. The first kappa shape index (κ1) is 16.4. The minimum atomic E-state index is 0.866. The minimum absolute atomic E-state index is 0.866. The Hall–Kier alpha value is -1.95. The molecule has 0 atom stereocenters. The van der Waals surface area contributed by atoms with Crippen LogP contribution in [0.15, 0.2) is 23.2 Å². The van der Waals surface area contributed by atoms with Crippen molar-refractivity contribution in [2.24, 2.45) is 4.99 Å². The zero-order chi connectivity index (χ0) is 15.9. The van der Waals surface area contributed by atoms with E-state index in [2.05, 4.69) is 26.2 Å². The van der Waals surface area contributed by atoms with Gasteiger partial charge in [-0.1, -0.05) is 0 Å². The molecule has 1 saturated heterocycles. The first-order valence-electron chi connectivity index (χ1n) is 7.54. The first-order chi connectivity index (χ1) is 10.7. The number of aliphatic imine (C=N–C) groups is 1. The molecule has 0 unspecified atom stereocenters. The van der Waals surface area contributed by atoms with Gasteiger partial charge in [0.05, 0.1) is 14.2 Å². The molecule has 122 valence electrons. The van der Waals surface area contributed by atoms with Crippen molar-refractivity contribution < 1.29 is 9.47 Å². The van der Waals surface area contributed by atoms with Gasteiger partial charge in [0.25, 0.3) is 0 Å². The number of nitrogens with zero attached hydrogens (tertiary/aromatic N) is 3. The summed E-state index contributed by atoms with van der Waals surface area (Å²) in [6.07, 6.45) is 0. The molecule has 0 radical (unpaired) electrons. The second kappa shape index (κ2) is 7.89. The number of rotatable bonds is 4. The van der Waals surface area contributed by atoms with E-state index in [1.165, 1.54) is 0 Å². The van der Waals surface area contributed by atoms with Crippen LogP contribution in [0.4, 0.5) is 0 Å². The molecule has 1 aromatic carbocycles. The average molecular weight is 306 g/mol. The van der Waals surface area contributed by atoms with Crippen molar-refractivity contribution in [3.63, 3.8) is 0 Å². The molecule has 0 saturated carbocycles. The van der Waals surface area contributed by atoms with Gasteiger partial charge in [0.1, 0.15) is 11.5 Å². The van der Waals surface area contributed by atoms with Crippen LogP contribution in [0, 0.1) is 0 Å². The summed E-state index contributed by atoms with van der Waals surface area (Å²) in [6.45, 7) is 4.81. The zero-order valence-corrected chi connectivity index (χ0v) is 13.9. The third-order valence-electron chi connectivity index (χ3n) is 3.99. The lowest BCUT2D eigenvalue weighted by Gasteiger charge is -2.36. The van der Waals surface area contributed by atoms with Crippen LogP contribution < -0.4 is 14.8 Å². The average Bonchev–Trinajstić information content (AvgIpc) is 2.57. The molecule has 6 nitrogen and oxygen atoms in total. The van der Waals surface area contributed by atoms with Gasteiger partial charge >= 0.3 is 0 Å². The molecule has 0 aliphatic carbocycles. The Morgan fingerprint density at radius 3 is 2.45 bits per heavy atom. The Bertz CT molecular complexity index is 511. The van der Waals surface area contributed by atoms with Crippen LogP contribution in [0.25, 0.3) is 0 Å². The molecule has 1 N–H and O–H groups in total. The van der Waals surface area contributed by atoms with E-state index in [0.717, 1.165) is 55.7 Å². The Morgan fingerprint density at radius 1 is 1.18 bits per heavy atom. The molecule has 1 aliphatic rings. The van der Waals surface area contributed by atoms with Crippen molar-refractivity contribution in [1.29, 1.82) is 0 Å². The number of guanidine groups is 1. The van der Waals surface area contributed by atoms with E-state index >= 15 is 0 Å². The van der Waals surface area contributed by atoms with Gasteiger partial charge in [0.2, 0.25) is 0 Å². The maximum absolute atomic E-state index is 5.46. The summed E-state index contributed by atoms with van der Waals surface area (Å²) in [5, 5.41) is 3.14. The first-order valence-corrected chi connectivity index (χ1v) is 7.54. The van der Waals surface area contributed by atoms with Gasteiger partial charge in [-0.25, -0.2) is 0 Å². The topological polar surface area (TPSA) is 49.3 Å². The van der Waals surface area contributed by atoms with E-state index in [-0.39, 0.29) is 0 Å². The Morgan fingerprint density at radius 2 is 1.91 bits per heavy atom. The zero-order valence-electron chi connectivity index (χ0n) is 13.9. The van der Waals surface area contributed by atoms with E-state index in [0.29, 0.717) is 0 Å². The number of ether oxygens (including phenoxy) is 2. The minimum Gasteiger partial charge on any atom is -0.497 e. The molecule has 0 amide bonds. The standard InChI is InChI=1S/C16H26N4O2/c1-17-16(18-2)20-9-7-19(8-10-20)12-13-11-14(21-3)5-6-15(13)22-4/h5-6,11H,7-10,12H2,1-4H3,(H,17,18). The molecule has 0 spiro atoms. The van der Waals surface area contributed by atoms with Crippen LogP contribution in [0.5, 0.6) is 11.5 Å². The fourth-order valence-corrected chi connectivity index (χ4v) is 2.78. The molecule has 0 aromatic heterocycles. The van der Waals surface area contributed by atoms with Crippen molar-refractivity contribution >= 4 is 5.96 Å². The van der Waals surface area contributed by atoms with Gasteiger partial charge in [-0.2, -0.15) is 0 Å². The summed E-state index contributed by atoms with van der Waals surface area (Å²) >= 11 is 0. The number of hydrogen-bond acceptors (Lipinski definition) is 4. The second-order valence-electron chi connectivity index (χ2n) is 5.24. The molecule has 22 heavy (non-hydrogen) atoms. The molecular formula is C16H26N4O2. The summed E-state index contributed by atoms with van der Waals surface area (Å²) in [5.74, 6) is 2.73. The lowest BCUT2D eigenvalue weighted by Crippen LogP contribution is -2.51. The molecule has 1 aliphatic heterocycles. The molecule has 1 heterocycles. The van der Waals surface area contributed by atoms with Gasteiger partial charge in [0, 0.05) is 52.4 Å². The highest BCUT2D eigenvalue weighted by molar-refractivity contribution is 5.79. The highest BCUT2D eigenvalue weighted by Gasteiger charge is 2.20. The summed E-state index contributed by atoms with van der Waals surface area (Å²) < 4.78 is 10.8. The Balaban J connectivity index is 1.98. The maximum atomic E-state index is 5.46. The molecular weight excluding hydrogens is 280 g/mol. The lowest BCUT2D eigenvalue weighted by molar-refractivity contribution is 0.171. The van der Waals surface area contributed by atoms with Crippen LogP contribution in [-0.4, -0.2) is 70.3 Å². The summed E-state index contributed by atoms with van der Waals surface area (Å²) in [7, 11) is 7.13. The van der Waals surface area contributed by atoms with Gasteiger partial charge in [-0.15, -0.1) is 0 Å². The largest absolute Gasteiger partial charge is 0.497 e. The fourth-order valence-electron chi connectivity index (χ4n) is 2.78. The summed E-state index contributed by atoms with van der Waals surface area (Å²) in [5.41, 5.74) is 1.16. The highest BCUT2D eigenvalue weighted by Crippen LogP contribution is 2.25. The van der Waals surface area contributed by atoms with Crippen molar-refractivity contribution in [2.75, 3.05) is 54.5 Å². The maximum Gasteiger partial charge on any atom is 0.193 e. The number of benzene rings is 1. The van der Waals surface area contributed by atoms with Gasteiger partial charge in [-0.3, -0.25) is 9.89 Å². The number of nitrogens with one attached hydrogen (secondary N) is 1. The third-order valence-corrected chi connectivity index (χ3v) is 3.99. The van der Waals surface area contributed by atoms with Gasteiger partial charge in [0.15, 0.2) is 5.96 Å². The van der Waals surface area contributed by atoms with Crippen molar-refractivity contribution in [3.8, 4) is 11.5 Å². The molecule has 2 rings (SSSR count). The smallest absolute Gasteiger partial charge is 0.193 e. The quantitative estimate of drug-likeness (QED) is 0.665. The third kappa shape index (κ3) is 3.82. The van der Waals surface area contributed by atoms with E-state index in [1.807, 2.05) is 26.2 Å². The molecule has 6 heteroatoms. The Kier molecular flexibility index (Phi) is 5.89. The fraction of sp³-hybridized carbons (Fsp3) is 0.562. The van der Waals surface area contributed by atoms with Crippen molar-refractivity contribution in [1.82, 2.24) is 15.1 Å². The number of methoxy groups -OCH3 is 2. The molecule has 1 aromatic rings. The van der Waals surface area contributed by atoms with E-state index in [9.17, 15) is 0 Å². The van der Waals surface area contributed by atoms with Crippen LogP contribution >= 0.6 is 0 Å². The SMILES string of the molecule is CN=C(NC)N1CCN(Cc2cc(OC)ccc2OC)CC1. The molecule has 1 fully saturated rings. The normalized spacial score (nSPS) is 16.5. The van der Waals surface area contributed by atoms with Crippen LogP contribution in [0.3, 0.4) is 0 Å². The van der Waals surface area contributed by atoms with Gasteiger partial charge < -0.3 is 19.7 Å². The second-order valence-corrected chi connectivity index (χ2v) is 5.24. The summed E-state index contributed by atoms with van der Waals surface area (Å²) in [6, 6.07) is 5.95. The van der Waals surface area contributed by atoms with E-state index < -0.39 is 0 Å².